The summed E-state index contributed by atoms with van der Waals surface area (Å²) in [5.74, 6) is 2.18. The number of nitrogens with two attached hydrogens (primary N) is 1. The van der Waals surface area contributed by atoms with Crippen molar-refractivity contribution >= 4 is 0 Å². The molecular formula is C14H25N3O. The van der Waals surface area contributed by atoms with Crippen LogP contribution >= 0.6 is 0 Å². The third-order valence-corrected chi connectivity index (χ3v) is 4.07. The van der Waals surface area contributed by atoms with Crippen LogP contribution in [0.25, 0.3) is 0 Å². The van der Waals surface area contributed by atoms with Crippen LogP contribution in [0.1, 0.15) is 57.8 Å². The van der Waals surface area contributed by atoms with Crippen molar-refractivity contribution in [2.24, 2.45) is 17.6 Å². The number of nitrogens with zero attached hydrogens (tertiary/aromatic N) is 2. The summed E-state index contributed by atoms with van der Waals surface area (Å²) in [6, 6.07) is 0.351. The second-order valence-corrected chi connectivity index (χ2v) is 5.84. The highest BCUT2D eigenvalue weighted by Crippen LogP contribution is 2.40. The lowest BCUT2D eigenvalue weighted by Gasteiger charge is -2.23. The maximum Gasteiger partial charge on any atom is 0.161 e. The van der Waals surface area contributed by atoms with Crippen molar-refractivity contribution in [3.63, 3.8) is 0 Å². The van der Waals surface area contributed by atoms with E-state index in [0.29, 0.717) is 12.0 Å². The number of methoxy groups -OCH3 is 1. The van der Waals surface area contributed by atoms with E-state index in [-0.39, 0.29) is 6.04 Å². The third-order valence-electron chi connectivity index (χ3n) is 4.07. The van der Waals surface area contributed by atoms with Crippen LogP contribution in [0.3, 0.4) is 0 Å². The molecule has 0 radical (unpaired) electrons. The van der Waals surface area contributed by atoms with Crippen molar-refractivity contribution in [3.8, 4) is 5.75 Å². The summed E-state index contributed by atoms with van der Waals surface area (Å²) in [7, 11) is 1.69. The van der Waals surface area contributed by atoms with Crippen LogP contribution < -0.4 is 10.5 Å². The minimum Gasteiger partial charge on any atom is -0.493 e. The van der Waals surface area contributed by atoms with Gasteiger partial charge in [0.15, 0.2) is 5.75 Å². The maximum atomic E-state index is 6.48. The van der Waals surface area contributed by atoms with Crippen molar-refractivity contribution in [3.05, 3.63) is 11.9 Å². The monoisotopic (exact) mass is 251 g/mol. The molecule has 1 aliphatic carbocycles. The Hall–Kier alpha value is -1.03. The van der Waals surface area contributed by atoms with E-state index in [1.54, 1.807) is 13.3 Å². The Labute approximate surface area is 110 Å². The molecule has 1 fully saturated rings. The van der Waals surface area contributed by atoms with Gasteiger partial charge in [0.1, 0.15) is 0 Å². The van der Waals surface area contributed by atoms with E-state index >= 15 is 0 Å². The largest absolute Gasteiger partial charge is 0.493 e. The van der Waals surface area contributed by atoms with Crippen molar-refractivity contribution in [2.45, 2.75) is 52.1 Å². The van der Waals surface area contributed by atoms with Crippen LogP contribution in [0.2, 0.25) is 0 Å². The highest BCUT2D eigenvalue weighted by Gasteiger charge is 2.31. The zero-order valence-corrected chi connectivity index (χ0v) is 11.9. The van der Waals surface area contributed by atoms with Gasteiger partial charge in [0.05, 0.1) is 25.0 Å². The molecule has 18 heavy (non-hydrogen) atoms. The minimum absolute atomic E-state index is 0.0369. The van der Waals surface area contributed by atoms with Gasteiger partial charge >= 0.3 is 0 Å². The van der Waals surface area contributed by atoms with E-state index in [9.17, 15) is 0 Å². The third kappa shape index (κ3) is 2.39. The number of aromatic nitrogens is 2. The highest BCUT2D eigenvalue weighted by molar-refractivity contribution is 5.29. The summed E-state index contributed by atoms with van der Waals surface area (Å²) in [4.78, 5) is 0. The Morgan fingerprint density at radius 2 is 2.17 bits per heavy atom. The number of ether oxygens (including phenoxy) is 1. The molecule has 1 saturated carbocycles. The van der Waals surface area contributed by atoms with Gasteiger partial charge in [0, 0.05) is 6.04 Å². The molecule has 1 heterocycles. The van der Waals surface area contributed by atoms with E-state index in [2.05, 4.69) is 25.9 Å². The van der Waals surface area contributed by atoms with Gasteiger partial charge in [-0.2, -0.15) is 5.10 Å². The van der Waals surface area contributed by atoms with Crippen LogP contribution in [0.5, 0.6) is 5.75 Å². The fourth-order valence-electron chi connectivity index (χ4n) is 3.04. The lowest BCUT2D eigenvalue weighted by Crippen LogP contribution is -2.24. The van der Waals surface area contributed by atoms with Gasteiger partial charge in [-0.1, -0.05) is 13.3 Å². The molecule has 1 aromatic rings. The van der Waals surface area contributed by atoms with E-state index in [0.717, 1.165) is 17.4 Å². The van der Waals surface area contributed by atoms with Crippen LogP contribution in [-0.2, 0) is 0 Å². The minimum atomic E-state index is 0.0369. The fraction of sp³-hybridized carbons (Fsp3) is 0.786. The van der Waals surface area contributed by atoms with Crippen molar-refractivity contribution in [2.75, 3.05) is 7.11 Å². The molecule has 2 rings (SSSR count). The fourth-order valence-corrected chi connectivity index (χ4v) is 3.04. The second kappa shape index (κ2) is 5.31. The Kier molecular flexibility index (Phi) is 3.95. The van der Waals surface area contributed by atoms with Gasteiger partial charge in [0.2, 0.25) is 0 Å². The molecule has 0 aliphatic heterocycles. The number of hydrogen-bond donors (Lipinski definition) is 1. The Morgan fingerprint density at radius 3 is 2.67 bits per heavy atom. The molecule has 4 nitrogen and oxygen atoms in total. The summed E-state index contributed by atoms with van der Waals surface area (Å²) in [5.41, 5.74) is 7.54. The predicted molar refractivity (Wildman–Crippen MR) is 72.6 cm³/mol. The average Bonchev–Trinajstić information content (AvgIpc) is 2.93. The molecule has 0 saturated heterocycles. The normalized spacial score (nSPS) is 25.7. The van der Waals surface area contributed by atoms with Crippen LogP contribution in [0, 0.1) is 11.8 Å². The van der Waals surface area contributed by atoms with E-state index < -0.39 is 0 Å². The van der Waals surface area contributed by atoms with Gasteiger partial charge in [-0.25, -0.2) is 0 Å². The first-order valence-electron chi connectivity index (χ1n) is 6.91. The zero-order valence-electron chi connectivity index (χ0n) is 11.9. The standard InChI is InChI=1S/C14H25N3O/c1-9(2)17-14(12(18-4)8-16-17)13(15)11-6-5-10(3)7-11/h8-11,13H,5-7,15H2,1-4H3. The van der Waals surface area contributed by atoms with Crippen LogP contribution in [-0.4, -0.2) is 16.9 Å². The first-order valence-corrected chi connectivity index (χ1v) is 6.91. The molecule has 0 spiro atoms. The Bertz CT molecular complexity index is 400. The topological polar surface area (TPSA) is 53.1 Å². The number of hydrogen-bond acceptors (Lipinski definition) is 3. The van der Waals surface area contributed by atoms with Crippen molar-refractivity contribution < 1.29 is 4.74 Å². The summed E-state index contributed by atoms with van der Waals surface area (Å²) in [5, 5.41) is 4.41. The molecule has 3 unspecified atom stereocenters. The van der Waals surface area contributed by atoms with Crippen LogP contribution in [0.15, 0.2) is 6.20 Å². The van der Waals surface area contributed by atoms with Crippen LogP contribution in [0.4, 0.5) is 0 Å². The molecule has 0 aromatic carbocycles. The SMILES string of the molecule is COc1cnn(C(C)C)c1C(N)C1CCC(C)C1. The van der Waals surface area contributed by atoms with Gasteiger partial charge in [0.25, 0.3) is 0 Å². The molecule has 1 aromatic heterocycles. The van der Waals surface area contributed by atoms with E-state index in [4.69, 9.17) is 10.5 Å². The maximum absolute atomic E-state index is 6.48. The quantitative estimate of drug-likeness (QED) is 0.895. The highest BCUT2D eigenvalue weighted by atomic mass is 16.5. The molecule has 1 aliphatic rings. The van der Waals surface area contributed by atoms with Gasteiger partial charge in [-0.3, -0.25) is 4.68 Å². The van der Waals surface area contributed by atoms with E-state index in [1.807, 2.05) is 4.68 Å². The predicted octanol–water partition coefficient (Wildman–Crippen LogP) is 2.91. The van der Waals surface area contributed by atoms with Gasteiger partial charge in [-0.05, 0) is 38.5 Å². The molecular weight excluding hydrogens is 226 g/mol. The Balaban J connectivity index is 2.27. The van der Waals surface area contributed by atoms with Crippen molar-refractivity contribution in [1.82, 2.24) is 9.78 Å². The molecule has 2 N–H and O–H groups in total. The molecule has 0 bridgehead atoms. The Morgan fingerprint density at radius 1 is 1.44 bits per heavy atom. The number of rotatable bonds is 4. The van der Waals surface area contributed by atoms with Gasteiger partial charge < -0.3 is 10.5 Å². The summed E-state index contributed by atoms with van der Waals surface area (Å²) < 4.78 is 7.43. The smallest absolute Gasteiger partial charge is 0.161 e. The van der Waals surface area contributed by atoms with Crippen molar-refractivity contribution in [1.29, 1.82) is 0 Å². The molecule has 4 heteroatoms. The molecule has 0 amide bonds. The second-order valence-electron chi connectivity index (χ2n) is 5.84. The summed E-state index contributed by atoms with van der Waals surface area (Å²) in [6.45, 7) is 6.56. The lowest BCUT2D eigenvalue weighted by atomic mass is 9.94. The molecule has 102 valence electrons. The first-order chi connectivity index (χ1) is 8.54. The summed E-state index contributed by atoms with van der Waals surface area (Å²) >= 11 is 0. The average molecular weight is 251 g/mol. The van der Waals surface area contributed by atoms with E-state index in [1.165, 1.54) is 19.3 Å². The zero-order chi connectivity index (χ0) is 13.3. The first kappa shape index (κ1) is 13.4. The molecule has 3 atom stereocenters. The van der Waals surface area contributed by atoms with Gasteiger partial charge in [-0.15, -0.1) is 0 Å². The summed E-state index contributed by atoms with van der Waals surface area (Å²) in [6.07, 6.45) is 5.51. The lowest BCUT2D eigenvalue weighted by molar-refractivity contribution is 0.358.